The molecule has 2 aromatic rings. The van der Waals surface area contributed by atoms with Crippen molar-refractivity contribution >= 4 is 92.5 Å². The lowest BCUT2D eigenvalue weighted by atomic mass is 10.0. The van der Waals surface area contributed by atoms with Crippen LogP contribution in [0.25, 0.3) is 0 Å². The molecule has 0 spiro atoms. The lowest BCUT2D eigenvalue weighted by Gasteiger charge is -2.31. The van der Waals surface area contributed by atoms with E-state index in [9.17, 15) is 57.8 Å². The smallest absolute Gasteiger partial charge is 0.300 e. The van der Waals surface area contributed by atoms with Gasteiger partial charge in [0.25, 0.3) is 5.97 Å². The van der Waals surface area contributed by atoms with E-state index in [0.717, 1.165) is 28.5 Å². The second kappa shape index (κ2) is 32.1. The second-order valence-electron chi connectivity index (χ2n) is 17.6. The minimum absolute atomic E-state index is 0.0281. The maximum absolute atomic E-state index is 14.5. The van der Waals surface area contributed by atoms with Gasteiger partial charge in [-0.05, 0) is 61.9 Å². The monoisotopic (exact) mass is 1100 g/mol. The molecule has 2 aliphatic rings. The average molecular weight is 1100 g/mol. The standard InChI is InChI=1S/C45H63N13O12S2.C2H4O2/c46-16-4-8-28(39(64)51-21-37(50)62)53-44(69)34-9-5-17-58(34)45(70)33-23-72-71-22-27(47)38(63)54-30(19-25-10-12-26(59)13-11-25)42(67)55-31(18-24-6-2-1-3-7-24)41(66)52-29(14-15-35(48)60)40(65)56-32(20-36(49)61)43(68)57-33;1-2(3)4/h1-3,6-7,10-13,27-34,59H,4-5,8-9,14-23,46-47H2,(H2,48,60)(H2,49,61)(H2,50,62)(H,51,64)(H,52,66)(H,53,69)(H,54,63)(H,55,67)(H,56,65)(H,57,68);1H3,(H,3,4)/t27-,28-,29-,30?,31-,32?,33?,34-;/m0./s1. The van der Waals surface area contributed by atoms with E-state index in [1.165, 1.54) is 29.2 Å². The number of rotatable bonds is 18. The number of carbonyl (C=O) groups is 12. The molecule has 11 amide bonds. The highest BCUT2D eigenvalue weighted by Crippen LogP contribution is 2.26. The van der Waals surface area contributed by atoms with Gasteiger partial charge in [-0.1, -0.05) is 64.1 Å². The van der Waals surface area contributed by atoms with Gasteiger partial charge in [-0.25, -0.2) is 0 Å². The number of aliphatic carboxylic acids is 1. The van der Waals surface area contributed by atoms with Gasteiger partial charge in [0, 0.05) is 44.2 Å². The molecule has 29 heteroatoms. The number of benzene rings is 2. The Morgan fingerprint density at radius 3 is 1.84 bits per heavy atom. The fourth-order valence-electron chi connectivity index (χ4n) is 7.62. The molecular formula is C47H67N13O14S2. The number of carboxylic acids is 1. The van der Waals surface area contributed by atoms with Crippen molar-refractivity contribution in [1.82, 2.24) is 42.1 Å². The largest absolute Gasteiger partial charge is 0.508 e. The number of hydrogen-bond acceptors (Lipinski definition) is 17. The van der Waals surface area contributed by atoms with E-state index >= 15 is 0 Å². The molecule has 0 bridgehead atoms. The predicted octanol–water partition coefficient (Wildman–Crippen LogP) is -4.63. The number of nitrogens with zero attached hydrogens (tertiary/aromatic N) is 1. The highest BCUT2D eigenvalue weighted by Gasteiger charge is 2.40. The molecule has 8 atom stereocenters. The molecule has 0 radical (unpaired) electrons. The summed E-state index contributed by atoms with van der Waals surface area (Å²) < 4.78 is 0. The number of carbonyl (C=O) groups excluding carboxylic acids is 11. The van der Waals surface area contributed by atoms with Gasteiger partial charge in [0.2, 0.25) is 65.0 Å². The van der Waals surface area contributed by atoms with Crippen molar-refractivity contribution in [3.63, 3.8) is 0 Å². The highest BCUT2D eigenvalue weighted by atomic mass is 33.1. The van der Waals surface area contributed by atoms with E-state index in [1.54, 1.807) is 30.3 Å². The molecule has 2 saturated heterocycles. The summed E-state index contributed by atoms with van der Waals surface area (Å²) >= 11 is 0. The lowest BCUT2D eigenvalue weighted by molar-refractivity contribution is -0.142. The van der Waals surface area contributed by atoms with Gasteiger partial charge < -0.3 is 81.0 Å². The van der Waals surface area contributed by atoms with Gasteiger partial charge in [0.15, 0.2) is 0 Å². The van der Waals surface area contributed by atoms with Crippen molar-refractivity contribution in [3.05, 3.63) is 65.7 Å². The van der Waals surface area contributed by atoms with Crippen LogP contribution in [0.4, 0.5) is 0 Å². The Bertz CT molecular complexity index is 2380. The third kappa shape index (κ3) is 22.1. The molecule has 76 heavy (non-hydrogen) atoms. The summed E-state index contributed by atoms with van der Waals surface area (Å²) in [5, 5.41) is 35.1. The molecule has 2 heterocycles. The lowest BCUT2D eigenvalue weighted by Crippen LogP contribution is -2.61. The third-order valence-corrected chi connectivity index (χ3v) is 13.8. The van der Waals surface area contributed by atoms with Crippen LogP contribution in [-0.4, -0.2) is 166 Å². The van der Waals surface area contributed by atoms with Crippen LogP contribution in [0.5, 0.6) is 5.75 Å². The molecule has 2 aromatic carbocycles. The highest BCUT2D eigenvalue weighted by molar-refractivity contribution is 8.76. The quantitative estimate of drug-likeness (QED) is 0.0625. The Hall–Kier alpha value is -7.50. The van der Waals surface area contributed by atoms with Crippen LogP contribution in [0.1, 0.15) is 63.0 Å². The van der Waals surface area contributed by atoms with Crippen LogP contribution >= 0.6 is 21.6 Å². The SMILES string of the molecule is CC(=O)O.NCCC[C@H](NC(=O)[C@@H]1CCCN1C(=O)C1CSSC[C@H](N)C(=O)NC(Cc2ccc(O)cc2)C(=O)N[C@@H](Cc2ccccc2)C(=O)N[C@@H](CCC(N)=O)C(=O)NC(CC(N)=O)C(=O)N1)C(=O)NCC(N)=O. The van der Waals surface area contributed by atoms with Crippen LogP contribution in [0, 0.1) is 0 Å². The molecule has 0 aromatic heterocycles. The molecule has 0 saturated carbocycles. The number of hydrogen-bond donors (Lipinski definition) is 14. The Morgan fingerprint density at radius 2 is 1.26 bits per heavy atom. The molecule has 3 unspecified atom stereocenters. The Morgan fingerprint density at radius 1 is 0.724 bits per heavy atom. The fraction of sp³-hybridized carbons (Fsp3) is 0.489. The number of phenols is 1. The molecule has 4 rings (SSSR count). The van der Waals surface area contributed by atoms with Gasteiger partial charge in [0.05, 0.1) is 19.0 Å². The van der Waals surface area contributed by atoms with Crippen LogP contribution in [0.15, 0.2) is 54.6 Å². The van der Waals surface area contributed by atoms with Gasteiger partial charge in [-0.2, -0.15) is 0 Å². The van der Waals surface area contributed by atoms with Crippen molar-refractivity contribution < 1.29 is 67.7 Å². The van der Waals surface area contributed by atoms with E-state index in [4.69, 9.17) is 38.6 Å². The van der Waals surface area contributed by atoms with Crippen molar-refractivity contribution in [3.8, 4) is 5.75 Å². The number of nitrogens with one attached hydrogen (secondary N) is 7. The first-order valence-electron chi connectivity index (χ1n) is 24.0. The second-order valence-corrected chi connectivity index (χ2v) is 20.2. The number of nitrogens with two attached hydrogens (primary N) is 5. The topological polar surface area (TPSA) is 463 Å². The fourth-order valence-corrected chi connectivity index (χ4v) is 9.90. The number of carboxylic acid groups (broad SMARTS) is 1. The van der Waals surface area contributed by atoms with E-state index in [-0.39, 0.29) is 56.0 Å². The predicted molar refractivity (Wildman–Crippen MR) is 277 cm³/mol. The zero-order valence-electron chi connectivity index (χ0n) is 41.7. The van der Waals surface area contributed by atoms with Crippen molar-refractivity contribution in [2.75, 3.05) is 31.1 Å². The molecule has 416 valence electrons. The summed E-state index contributed by atoms with van der Waals surface area (Å²) in [6.45, 7) is 0.784. The number of phenolic OH excluding ortho intramolecular Hbond substituents is 1. The molecule has 2 aliphatic heterocycles. The van der Waals surface area contributed by atoms with Crippen LogP contribution in [0.3, 0.4) is 0 Å². The summed E-state index contributed by atoms with van der Waals surface area (Å²) in [6, 6.07) is 3.04. The van der Waals surface area contributed by atoms with E-state index in [0.29, 0.717) is 24.0 Å². The zero-order valence-corrected chi connectivity index (χ0v) is 43.3. The van der Waals surface area contributed by atoms with E-state index in [1.807, 2.05) is 0 Å². The number of amides is 11. The third-order valence-electron chi connectivity index (χ3n) is 11.4. The van der Waals surface area contributed by atoms with E-state index < -0.39 is 145 Å². The van der Waals surface area contributed by atoms with E-state index in [2.05, 4.69) is 37.2 Å². The van der Waals surface area contributed by atoms with Crippen molar-refractivity contribution in [2.45, 2.75) is 113 Å². The first-order chi connectivity index (χ1) is 36.0. The first kappa shape index (κ1) is 62.8. The maximum atomic E-state index is 14.5. The first-order valence-corrected chi connectivity index (χ1v) is 26.4. The molecule has 2 fully saturated rings. The summed E-state index contributed by atoms with van der Waals surface area (Å²) in [6.07, 6.45) is -1.10. The zero-order chi connectivity index (χ0) is 56.5. The molecule has 27 nitrogen and oxygen atoms in total. The van der Waals surface area contributed by atoms with Crippen molar-refractivity contribution in [2.24, 2.45) is 28.7 Å². The van der Waals surface area contributed by atoms with Crippen LogP contribution < -0.4 is 65.9 Å². The Kier molecular flexibility index (Phi) is 26.5. The van der Waals surface area contributed by atoms with Crippen LogP contribution in [-0.2, 0) is 70.4 Å². The number of likely N-dealkylation sites (tertiary alicyclic amines) is 1. The van der Waals surface area contributed by atoms with Gasteiger partial charge in [-0.15, -0.1) is 0 Å². The Balaban J connectivity index is 0.00000366. The summed E-state index contributed by atoms with van der Waals surface area (Å²) in [4.78, 5) is 158. The molecule has 19 N–H and O–H groups in total. The van der Waals surface area contributed by atoms with Crippen molar-refractivity contribution in [1.29, 1.82) is 0 Å². The van der Waals surface area contributed by atoms with Crippen LogP contribution in [0.2, 0.25) is 0 Å². The summed E-state index contributed by atoms with van der Waals surface area (Å²) in [7, 11) is 2.02. The molecular weight excluding hydrogens is 1030 g/mol. The number of primary amides is 3. The van der Waals surface area contributed by atoms with Gasteiger partial charge in [-0.3, -0.25) is 57.5 Å². The summed E-state index contributed by atoms with van der Waals surface area (Å²) in [5.41, 5.74) is 29.2. The maximum Gasteiger partial charge on any atom is 0.300 e. The minimum atomic E-state index is -1.78. The van der Waals surface area contributed by atoms with Gasteiger partial charge >= 0.3 is 0 Å². The molecule has 0 aliphatic carbocycles. The Labute approximate surface area is 445 Å². The summed E-state index contributed by atoms with van der Waals surface area (Å²) in [5.74, 6) is -10.9. The number of aromatic hydroxyl groups is 1. The average Bonchev–Trinajstić information content (AvgIpc) is 3.86. The normalized spacial score (nSPS) is 22.3. The van der Waals surface area contributed by atoms with Gasteiger partial charge in [0.1, 0.15) is 48.0 Å². The minimum Gasteiger partial charge on any atom is -0.508 e.